The summed E-state index contributed by atoms with van der Waals surface area (Å²) in [6, 6.07) is 7.81. The Balaban J connectivity index is 1.82. The van der Waals surface area contributed by atoms with Crippen molar-refractivity contribution in [1.82, 2.24) is 25.8 Å². The molecule has 2 unspecified atom stereocenters. The predicted octanol–water partition coefficient (Wildman–Crippen LogP) is 3.08. The fraction of sp³-hybridized carbons (Fsp3) is 0.611. The number of carbonyl (C=O) groups is 3. The summed E-state index contributed by atoms with van der Waals surface area (Å²) in [4.78, 5) is 47.1. The molecule has 11 heteroatoms. The maximum atomic E-state index is 14.0. The molecular weight excluding hydrogens is 614 g/mol. The lowest BCUT2D eigenvalue weighted by molar-refractivity contribution is -0.136. The van der Waals surface area contributed by atoms with Gasteiger partial charge in [-0.05, 0) is 44.2 Å². The summed E-state index contributed by atoms with van der Waals surface area (Å²) in [6.07, 6.45) is 10.9. The summed E-state index contributed by atoms with van der Waals surface area (Å²) in [5, 5.41) is 33.0. The van der Waals surface area contributed by atoms with Crippen LogP contribution in [0.25, 0.3) is 0 Å². The molecule has 5 atom stereocenters. The van der Waals surface area contributed by atoms with E-state index >= 15 is 0 Å². The number of unbranched alkanes of at least 4 members (excludes halogenated alkanes) is 1. The van der Waals surface area contributed by atoms with Crippen LogP contribution in [0.3, 0.4) is 0 Å². The van der Waals surface area contributed by atoms with Gasteiger partial charge in [0.1, 0.15) is 6.04 Å². The average Bonchev–Trinajstić information content (AvgIpc) is 3.60. The zero-order valence-electron chi connectivity index (χ0n) is 27.9. The Morgan fingerprint density at radius 3 is 2.49 bits per heavy atom. The second-order valence-corrected chi connectivity index (χ2v) is 13.5. The second kappa shape index (κ2) is 20.8. The predicted molar refractivity (Wildman–Crippen MR) is 185 cm³/mol. The van der Waals surface area contributed by atoms with Crippen LogP contribution < -0.4 is 16.0 Å². The summed E-state index contributed by atoms with van der Waals surface area (Å²) >= 11 is 1.40. The van der Waals surface area contributed by atoms with Crippen molar-refractivity contribution in [1.29, 1.82) is 0 Å². The average molecular weight is 668 g/mol. The molecule has 1 saturated carbocycles. The van der Waals surface area contributed by atoms with Crippen LogP contribution in [0.5, 0.6) is 0 Å². The summed E-state index contributed by atoms with van der Waals surface area (Å²) in [5.41, 5.74) is 3.23. The topological polar surface area (TPSA) is 144 Å². The minimum atomic E-state index is -1.19. The molecule has 0 spiro atoms. The van der Waals surface area contributed by atoms with Gasteiger partial charge in [-0.15, -0.1) is 23.7 Å². The number of terminal acetylenes is 1. The molecular formula is C36H53N5O5S. The van der Waals surface area contributed by atoms with Gasteiger partial charge in [-0.3, -0.25) is 14.4 Å². The van der Waals surface area contributed by atoms with Gasteiger partial charge in [0.2, 0.25) is 17.7 Å². The lowest BCUT2D eigenvalue weighted by Gasteiger charge is -2.33. The first-order valence-corrected chi connectivity index (χ1v) is 17.9. The summed E-state index contributed by atoms with van der Waals surface area (Å²) < 4.78 is 0. The number of aromatic nitrogens is 1. The van der Waals surface area contributed by atoms with Crippen LogP contribution in [0.1, 0.15) is 75.5 Å². The van der Waals surface area contributed by atoms with Crippen molar-refractivity contribution in [3.8, 4) is 12.3 Å². The van der Waals surface area contributed by atoms with Crippen molar-refractivity contribution in [3.63, 3.8) is 0 Å². The molecule has 258 valence electrons. The van der Waals surface area contributed by atoms with E-state index in [0.717, 1.165) is 31.2 Å². The molecule has 0 aliphatic heterocycles. The molecule has 1 aliphatic carbocycles. The Hall–Kier alpha value is -3.30. The molecule has 10 nitrogen and oxygen atoms in total. The Morgan fingerprint density at radius 1 is 1.09 bits per heavy atom. The highest BCUT2D eigenvalue weighted by molar-refractivity contribution is 7.07. The maximum Gasteiger partial charge on any atom is 0.243 e. The van der Waals surface area contributed by atoms with Crippen molar-refractivity contribution in [2.75, 3.05) is 27.2 Å². The van der Waals surface area contributed by atoms with Crippen molar-refractivity contribution < 1.29 is 24.6 Å². The van der Waals surface area contributed by atoms with Gasteiger partial charge >= 0.3 is 0 Å². The van der Waals surface area contributed by atoms with E-state index in [2.05, 4.69) is 26.9 Å². The highest BCUT2D eigenvalue weighted by Gasteiger charge is 2.34. The number of hydrogen-bond acceptors (Lipinski definition) is 8. The van der Waals surface area contributed by atoms with Gasteiger partial charge in [-0.1, -0.05) is 62.4 Å². The van der Waals surface area contributed by atoms with Crippen LogP contribution in [-0.2, 0) is 27.2 Å². The van der Waals surface area contributed by atoms with E-state index in [1.54, 1.807) is 17.5 Å². The molecule has 0 bridgehead atoms. The number of hydrogen-bond donors (Lipinski definition) is 5. The minimum Gasteiger partial charge on any atom is -0.390 e. The van der Waals surface area contributed by atoms with E-state index in [0.29, 0.717) is 56.8 Å². The molecule has 1 heterocycles. The van der Waals surface area contributed by atoms with Gasteiger partial charge in [0.25, 0.3) is 0 Å². The zero-order valence-corrected chi connectivity index (χ0v) is 28.7. The van der Waals surface area contributed by atoms with Crippen LogP contribution in [0.4, 0.5) is 0 Å². The highest BCUT2D eigenvalue weighted by Crippen LogP contribution is 2.29. The fourth-order valence-electron chi connectivity index (χ4n) is 6.17. The Bertz CT molecular complexity index is 1250. The number of likely N-dealkylation sites (N-methyl/N-ethyl adjacent to an activating group) is 2. The molecule has 1 fully saturated rings. The molecule has 0 radical (unpaired) electrons. The number of aliphatic hydroxyl groups is 2. The Morgan fingerprint density at radius 2 is 1.83 bits per heavy atom. The number of nitrogens with one attached hydrogen (secondary N) is 3. The standard InChI is InChI=1S/C36H53N5O5S/c1-4-5-8-17-32(42)34(44)30(21-27-15-11-7-12-16-27)39-36(46)31(23-29-24-47-25-38-29)40-35(45)28(20-26-13-9-6-10-14-26)22-33(43)41(3)19-18-37-2/h1,6,9-10,13-14,24-25,27-28,30-32,34,37,42,44H,5,7-8,11-12,15-23H2,2-3H3,(H,39,46)(H,40,45)/t28?,30?,31-,32-,34+/m0/s1. The maximum absolute atomic E-state index is 14.0. The third kappa shape index (κ3) is 13.4. The minimum absolute atomic E-state index is 0.0150. The van der Waals surface area contributed by atoms with Gasteiger partial charge in [0.05, 0.1) is 35.4 Å². The van der Waals surface area contributed by atoms with Gasteiger partial charge in [-0.25, -0.2) is 4.98 Å². The van der Waals surface area contributed by atoms with Gasteiger partial charge in [0.15, 0.2) is 0 Å². The lowest BCUT2D eigenvalue weighted by Crippen LogP contribution is -2.56. The van der Waals surface area contributed by atoms with E-state index in [1.165, 1.54) is 17.8 Å². The van der Waals surface area contributed by atoms with Crippen molar-refractivity contribution in [2.45, 2.75) is 101 Å². The lowest BCUT2D eigenvalue weighted by atomic mass is 9.82. The smallest absolute Gasteiger partial charge is 0.243 e. The molecule has 47 heavy (non-hydrogen) atoms. The number of benzene rings is 1. The number of nitrogens with zero attached hydrogens (tertiary/aromatic N) is 2. The molecule has 0 saturated heterocycles. The quantitative estimate of drug-likeness (QED) is 0.108. The van der Waals surface area contributed by atoms with Gasteiger partial charge in [-0.2, -0.15) is 0 Å². The first-order valence-electron chi connectivity index (χ1n) is 16.9. The van der Waals surface area contributed by atoms with E-state index in [9.17, 15) is 24.6 Å². The third-order valence-electron chi connectivity index (χ3n) is 9.04. The summed E-state index contributed by atoms with van der Waals surface area (Å²) in [7, 11) is 3.53. The molecule has 1 aromatic heterocycles. The number of rotatable bonds is 20. The normalized spacial score (nSPS) is 16.7. The van der Waals surface area contributed by atoms with Crippen molar-refractivity contribution >= 4 is 29.1 Å². The van der Waals surface area contributed by atoms with Crippen molar-refractivity contribution in [3.05, 3.63) is 52.5 Å². The second-order valence-electron chi connectivity index (χ2n) is 12.8. The fourth-order valence-corrected chi connectivity index (χ4v) is 6.75. The van der Waals surface area contributed by atoms with Crippen LogP contribution in [0.15, 0.2) is 41.2 Å². The molecule has 3 rings (SSSR count). The van der Waals surface area contributed by atoms with E-state index in [-0.39, 0.29) is 18.7 Å². The molecule has 1 aromatic carbocycles. The first-order chi connectivity index (χ1) is 22.7. The van der Waals surface area contributed by atoms with Gasteiger partial charge in [0, 0.05) is 44.8 Å². The van der Waals surface area contributed by atoms with Crippen LogP contribution >= 0.6 is 11.3 Å². The number of aliphatic hydroxyl groups excluding tert-OH is 2. The van der Waals surface area contributed by atoms with Crippen molar-refractivity contribution in [2.24, 2.45) is 11.8 Å². The van der Waals surface area contributed by atoms with E-state index in [4.69, 9.17) is 6.42 Å². The number of carbonyl (C=O) groups excluding carboxylic acids is 3. The Labute approximate surface area is 284 Å². The third-order valence-corrected chi connectivity index (χ3v) is 9.67. The molecule has 5 N–H and O–H groups in total. The largest absolute Gasteiger partial charge is 0.390 e. The molecule has 3 amide bonds. The first kappa shape index (κ1) is 38.2. The molecule has 1 aliphatic rings. The monoisotopic (exact) mass is 667 g/mol. The molecule has 2 aromatic rings. The van der Waals surface area contributed by atoms with E-state index in [1.807, 2.05) is 42.8 Å². The van der Waals surface area contributed by atoms with Crippen LogP contribution in [0, 0.1) is 24.2 Å². The van der Waals surface area contributed by atoms with Gasteiger partial charge < -0.3 is 31.1 Å². The van der Waals surface area contributed by atoms with Crippen LogP contribution in [0.2, 0.25) is 0 Å². The van der Waals surface area contributed by atoms with E-state index < -0.39 is 42.0 Å². The highest BCUT2D eigenvalue weighted by atomic mass is 32.1. The zero-order chi connectivity index (χ0) is 34.0. The number of thiazole rings is 1. The number of amides is 3. The summed E-state index contributed by atoms with van der Waals surface area (Å²) in [5.74, 6) is 1.13. The SMILES string of the molecule is C#CCCC[C@H](O)[C@H](O)C(CC1CCCCC1)NC(=O)[C@H](Cc1cscn1)NC(=O)C(CC(=O)N(C)CCNC)Cc1ccccc1. The van der Waals surface area contributed by atoms with Crippen LogP contribution in [-0.4, -0.2) is 89.3 Å². The Kier molecular flexibility index (Phi) is 16.9. The summed E-state index contributed by atoms with van der Waals surface area (Å²) in [6.45, 7) is 1.13.